The third-order valence-electron chi connectivity index (χ3n) is 1.37. The molecule has 0 fully saturated rings. The van der Waals surface area contributed by atoms with Crippen LogP contribution in [0.4, 0.5) is 0 Å². The van der Waals surface area contributed by atoms with E-state index in [-0.39, 0.29) is 11.6 Å². The zero-order chi connectivity index (χ0) is 7.49. The van der Waals surface area contributed by atoms with Crippen LogP contribution in [0, 0.1) is 0 Å². The molecular weight excluding hydrogens is 114 g/mol. The summed E-state index contributed by atoms with van der Waals surface area (Å²) in [4.78, 5) is 0. The van der Waals surface area contributed by atoms with Gasteiger partial charge in [0.1, 0.15) is 0 Å². The van der Waals surface area contributed by atoms with E-state index in [9.17, 15) is 0 Å². The van der Waals surface area contributed by atoms with Gasteiger partial charge < -0.3 is 10.5 Å². The van der Waals surface area contributed by atoms with Crippen LogP contribution >= 0.6 is 0 Å². The molecule has 0 spiro atoms. The van der Waals surface area contributed by atoms with E-state index in [2.05, 4.69) is 0 Å². The molecule has 0 radical (unpaired) electrons. The topological polar surface area (TPSA) is 35.2 Å². The first kappa shape index (κ1) is 8.92. The minimum Gasteiger partial charge on any atom is -0.379 e. The van der Waals surface area contributed by atoms with Crippen LogP contribution in [0.3, 0.4) is 0 Å². The van der Waals surface area contributed by atoms with Gasteiger partial charge in [0.2, 0.25) is 0 Å². The van der Waals surface area contributed by atoms with Gasteiger partial charge in [0.25, 0.3) is 0 Å². The van der Waals surface area contributed by atoms with Crippen LogP contribution in [0.5, 0.6) is 0 Å². The van der Waals surface area contributed by atoms with E-state index in [0.29, 0.717) is 0 Å². The van der Waals surface area contributed by atoms with Crippen molar-refractivity contribution in [3.05, 3.63) is 0 Å². The zero-order valence-corrected chi connectivity index (χ0v) is 6.77. The van der Waals surface area contributed by atoms with E-state index in [1.165, 1.54) is 0 Å². The van der Waals surface area contributed by atoms with Crippen molar-refractivity contribution in [2.45, 2.75) is 38.8 Å². The van der Waals surface area contributed by atoms with E-state index in [0.717, 1.165) is 6.42 Å². The van der Waals surface area contributed by atoms with E-state index in [1.807, 2.05) is 20.8 Å². The van der Waals surface area contributed by atoms with Crippen LogP contribution in [-0.2, 0) is 4.74 Å². The fourth-order valence-corrected chi connectivity index (χ4v) is 0.859. The minimum atomic E-state index is -0.0613. The van der Waals surface area contributed by atoms with Gasteiger partial charge in [-0.1, -0.05) is 0 Å². The summed E-state index contributed by atoms with van der Waals surface area (Å²) in [6, 6.07) is 0.222. The molecule has 0 saturated heterocycles. The number of nitrogens with two attached hydrogens (primary N) is 1. The van der Waals surface area contributed by atoms with Crippen LogP contribution in [0.15, 0.2) is 0 Å². The van der Waals surface area contributed by atoms with Crippen molar-refractivity contribution in [1.82, 2.24) is 0 Å². The molecular formula is C7H17NO. The van der Waals surface area contributed by atoms with Crippen molar-refractivity contribution in [2.24, 2.45) is 5.73 Å². The maximum atomic E-state index is 5.57. The first-order chi connectivity index (χ1) is 3.98. The lowest BCUT2D eigenvalue weighted by molar-refractivity contribution is 0.0114. The third-order valence-corrected chi connectivity index (χ3v) is 1.37. The Hall–Kier alpha value is -0.0800. The van der Waals surface area contributed by atoms with E-state index < -0.39 is 0 Å². The van der Waals surface area contributed by atoms with Gasteiger partial charge in [-0.15, -0.1) is 0 Å². The highest BCUT2D eigenvalue weighted by Gasteiger charge is 2.17. The summed E-state index contributed by atoms with van der Waals surface area (Å²) in [7, 11) is 1.71. The molecule has 0 heterocycles. The number of ether oxygens (including phenoxy) is 1. The molecule has 0 bridgehead atoms. The zero-order valence-electron chi connectivity index (χ0n) is 6.77. The molecule has 0 aliphatic carbocycles. The Kier molecular flexibility index (Phi) is 3.15. The van der Waals surface area contributed by atoms with Gasteiger partial charge in [-0.05, 0) is 27.2 Å². The van der Waals surface area contributed by atoms with E-state index >= 15 is 0 Å². The lowest BCUT2D eigenvalue weighted by Gasteiger charge is -2.24. The highest BCUT2D eigenvalue weighted by molar-refractivity contribution is 4.72. The molecule has 0 aliphatic heterocycles. The molecule has 0 aromatic heterocycles. The molecule has 2 heteroatoms. The molecule has 0 saturated carbocycles. The number of rotatable bonds is 3. The highest BCUT2D eigenvalue weighted by atomic mass is 16.5. The van der Waals surface area contributed by atoms with Gasteiger partial charge in [0.05, 0.1) is 5.60 Å². The molecule has 2 N–H and O–H groups in total. The third kappa shape index (κ3) is 4.43. The van der Waals surface area contributed by atoms with Gasteiger partial charge >= 0.3 is 0 Å². The fourth-order valence-electron chi connectivity index (χ4n) is 0.859. The Balaban J connectivity index is 3.58. The van der Waals surface area contributed by atoms with Crippen molar-refractivity contribution in [1.29, 1.82) is 0 Å². The molecule has 0 amide bonds. The smallest absolute Gasteiger partial charge is 0.0637 e. The summed E-state index contributed by atoms with van der Waals surface area (Å²) in [5.74, 6) is 0. The molecule has 0 rings (SSSR count). The average Bonchev–Trinajstić information content (AvgIpc) is 1.63. The first-order valence-electron chi connectivity index (χ1n) is 3.28. The summed E-state index contributed by atoms with van der Waals surface area (Å²) in [6.45, 7) is 6.06. The molecule has 56 valence electrons. The summed E-state index contributed by atoms with van der Waals surface area (Å²) in [6.07, 6.45) is 0.906. The predicted octanol–water partition coefficient (Wildman–Crippen LogP) is 1.15. The highest BCUT2D eigenvalue weighted by Crippen LogP contribution is 2.13. The molecule has 1 unspecified atom stereocenters. The minimum absolute atomic E-state index is 0.0613. The second-order valence-electron chi connectivity index (χ2n) is 3.15. The fraction of sp³-hybridized carbons (Fsp3) is 1.00. The molecule has 2 nitrogen and oxygen atoms in total. The number of hydrogen-bond acceptors (Lipinski definition) is 2. The molecule has 0 aromatic rings. The van der Waals surface area contributed by atoms with Crippen LogP contribution in [-0.4, -0.2) is 18.8 Å². The molecule has 9 heavy (non-hydrogen) atoms. The summed E-state index contributed by atoms with van der Waals surface area (Å²) in [5, 5.41) is 0. The summed E-state index contributed by atoms with van der Waals surface area (Å²) >= 11 is 0. The summed E-state index contributed by atoms with van der Waals surface area (Å²) < 4.78 is 5.17. The Morgan fingerprint density at radius 2 is 2.00 bits per heavy atom. The Morgan fingerprint density at radius 1 is 1.56 bits per heavy atom. The van der Waals surface area contributed by atoms with Gasteiger partial charge in [-0.25, -0.2) is 0 Å². The predicted molar refractivity (Wildman–Crippen MR) is 39.4 cm³/mol. The van der Waals surface area contributed by atoms with Crippen LogP contribution in [0.2, 0.25) is 0 Å². The normalized spacial score (nSPS) is 15.7. The van der Waals surface area contributed by atoms with Gasteiger partial charge in [-0.2, -0.15) is 0 Å². The van der Waals surface area contributed by atoms with Crippen molar-refractivity contribution in [3.8, 4) is 0 Å². The standard InChI is InChI=1S/C7H17NO/c1-6(8)5-7(2,3)9-4/h6H,5,8H2,1-4H3. The largest absolute Gasteiger partial charge is 0.379 e. The second kappa shape index (κ2) is 3.18. The first-order valence-corrected chi connectivity index (χ1v) is 3.28. The quantitative estimate of drug-likeness (QED) is 0.623. The van der Waals surface area contributed by atoms with Gasteiger partial charge in [0.15, 0.2) is 0 Å². The van der Waals surface area contributed by atoms with Gasteiger partial charge in [-0.3, -0.25) is 0 Å². The molecule has 0 aliphatic rings. The SMILES string of the molecule is COC(C)(C)CC(C)N. The maximum absolute atomic E-state index is 5.57. The van der Waals surface area contributed by atoms with Crippen LogP contribution in [0.25, 0.3) is 0 Å². The summed E-state index contributed by atoms with van der Waals surface area (Å²) in [5.41, 5.74) is 5.51. The maximum Gasteiger partial charge on any atom is 0.0637 e. The van der Waals surface area contributed by atoms with Gasteiger partial charge in [0, 0.05) is 13.2 Å². The number of hydrogen-bond donors (Lipinski definition) is 1. The van der Waals surface area contributed by atoms with E-state index in [4.69, 9.17) is 10.5 Å². The Bertz CT molecular complexity index is 79.0. The van der Waals surface area contributed by atoms with Crippen molar-refractivity contribution in [3.63, 3.8) is 0 Å². The molecule has 0 aromatic carbocycles. The van der Waals surface area contributed by atoms with Crippen molar-refractivity contribution < 1.29 is 4.74 Å². The second-order valence-corrected chi connectivity index (χ2v) is 3.15. The Morgan fingerprint density at radius 3 is 2.11 bits per heavy atom. The van der Waals surface area contributed by atoms with Crippen LogP contribution in [0.1, 0.15) is 27.2 Å². The number of methoxy groups -OCH3 is 1. The molecule has 1 atom stereocenters. The van der Waals surface area contributed by atoms with Crippen LogP contribution < -0.4 is 5.73 Å². The van der Waals surface area contributed by atoms with Crippen molar-refractivity contribution >= 4 is 0 Å². The average molecular weight is 131 g/mol. The Labute approximate surface area is 57.4 Å². The lowest BCUT2D eigenvalue weighted by Crippen LogP contribution is -2.31. The lowest BCUT2D eigenvalue weighted by atomic mass is 10.0. The van der Waals surface area contributed by atoms with E-state index in [1.54, 1.807) is 7.11 Å². The van der Waals surface area contributed by atoms with Crippen molar-refractivity contribution in [2.75, 3.05) is 7.11 Å². The monoisotopic (exact) mass is 131 g/mol.